The third kappa shape index (κ3) is 3.78. The van der Waals surface area contributed by atoms with Crippen LogP contribution in [0.2, 0.25) is 0 Å². The van der Waals surface area contributed by atoms with E-state index in [1.54, 1.807) is 14.2 Å². The van der Waals surface area contributed by atoms with Gasteiger partial charge in [0.05, 0.1) is 20.8 Å². The first-order valence-electron chi connectivity index (χ1n) is 11.9. The predicted octanol–water partition coefficient (Wildman–Crippen LogP) is 5.97. The van der Waals surface area contributed by atoms with Crippen molar-refractivity contribution in [3.05, 3.63) is 94.0 Å². The number of hydrogen-bond donors (Lipinski definition) is 1. The van der Waals surface area contributed by atoms with E-state index < -0.39 is 0 Å². The lowest BCUT2D eigenvalue weighted by Crippen LogP contribution is -2.39. The van der Waals surface area contributed by atoms with Crippen LogP contribution < -0.4 is 14.2 Å². The summed E-state index contributed by atoms with van der Waals surface area (Å²) in [7, 11) is 3.42. The summed E-state index contributed by atoms with van der Waals surface area (Å²) in [5, 5.41) is 1.25. The van der Waals surface area contributed by atoms with Crippen molar-refractivity contribution in [1.29, 1.82) is 0 Å². The zero-order chi connectivity index (χ0) is 23.9. The van der Waals surface area contributed by atoms with E-state index in [-0.39, 0.29) is 0 Å². The second-order valence-electron chi connectivity index (χ2n) is 9.20. The largest absolute Gasteiger partial charge is 0.497 e. The van der Waals surface area contributed by atoms with Crippen molar-refractivity contribution in [2.45, 2.75) is 32.0 Å². The van der Waals surface area contributed by atoms with Crippen LogP contribution >= 0.6 is 0 Å². The molecule has 1 N–H and O–H groups in total. The van der Waals surface area contributed by atoms with Gasteiger partial charge < -0.3 is 19.2 Å². The normalized spacial score (nSPS) is 16.7. The van der Waals surface area contributed by atoms with Gasteiger partial charge in [0.2, 0.25) is 0 Å². The first-order valence-corrected chi connectivity index (χ1v) is 11.9. The molecule has 35 heavy (non-hydrogen) atoms. The molecule has 6 rings (SSSR count). The van der Waals surface area contributed by atoms with Crippen molar-refractivity contribution in [3.63, 3.8) is 0 Å². The van der Waals surface area contributed by atoms with Crippen LogP contribution in [-0.4, -0.2) is 30.6 Å². The van der Waals surface area contributed by atoms with Crippen LogP contribution in [0.25, 0.3) is 15.7 Å². The number of fused-ring (bicyclic) bond motifs is 6. The van der Waals surface area contributed by atoms with Gasteiger partial charge in [-0.2, -0.15) is 0 Å². The molecule has 2 aliphatic heterocycles. The lowest BCUT2D eigenvalue weighted by molar-refractivity contribution is 0.158. The number of H-pyrrole nitrogens is 1. The van der Waals surface area contributed by atoms with E-state index in [4.69, 9.17) is 20.8 Å². The third-order valence-electron chi connectivity index (χ3n) is 7.31. The predicted molar refractivity (Wildman–Crippen MR) is 135 cm³/mol. The molecule has 2 aliphatic rings. The summed E-state index contributed by atoms with van der Waals surface area (Å²) in [5.41, 5.74) is 8.17. The van der Waals surface area contributed by atoms with Gasteiger partial charge in [0.15, 0.2) is 17.2 Å². The highest BCUT2D eigenvalue weighted by atomic mass is 16.5. The molecule has 0 radical (unpaired) electrons. The number of nitrogens with zero attached hydrogens (tertiary/aromatic N) is 2. The number of aromatic amines is 1. The number of ether oxygens (including phenoxy) is 3. The molecule has 0 aliphatic carbocycles. The number of rotatable bonds is 5. The Bertz CT molecular complexity index is 1450. The number of hydrogen-bond acceptors (Lipinski definition) is 4. The minimum absolute atomic E-state index is 0.306. The zero-order valence-corrected chi connectivity index (χ0v) is 19.9. The highest BCUT2D eigenvalue weighted by molar-refractivity contribution is 5.86. The van der Waals surface area contributed by atoms with Gasteiger partial charge in [0, 0.05) is 35.7 Å². The van der Waals surface area contributed by atoms with E-state index in [1.807, 2.05) is 30.3 Å². The van der Waals surface area contributed by atoms with E-state index in [2.05, 4.69) is 39.0 Å². The first-order chi connectivity index (χ1) is 17.2. The molecule has 0 fully saturated rings. The van der Waals surface area contributed by atoms with Gasteiger partial charge in [0.25, 0.3) is 0 Å². The van der Waals surface area contributed by atoms with Crippen LogP contribution in [0.4, 0.5) is 5.69 Å². The van der Waals surface area contributed by atoms with Gasteiger partial charge in [0.1, 0.15) is 12.4 Å². The maximum atomic E-state index is 7.11. The molecule has 1 unspecified atom stereocenters. The maximum Gasteiger partial charge on any atom is 0.187 e. The third-order valence-corrected chi connectivity index (χ3v) is 7.31. The lowest BCUT2D eigenvalue weighted by atomic mass is 9.85. The minimum atomic E-state index is 0.306. The fraction of sp³-hybridized carbons (Fsp3) is 0.276. The maximum absolute atomic E-state index is 7.11. The molecule has 0 amide bonds. The molecule has 176 valence electrons. The van der Waals surface area contributed by atoms with Crippen LogP contribution in [0.5, 0.6) is 17.2 Å². The van der Waals surface area contributed by atoms with Crippen LogP contribution in [0.1, 0.15) is 34.0 Å². The Morgan fingerprint density at radius 2 is 1.89 bits per heavy atom. The molecule has 1 atom stereocenters. The van der Waals surface area contributed by atoms with E-state index in [0.717, 1.165) is 48.7 Å². The van der Waals surface area contributed by atoms with Gasteiger partial charge >= 0.3 is 0 Å². The summed E-state index contributed by atoms with van der Waals surface area (Å²) in [6, 6.07) is 18.4. The van der Waals surface area contributed by atoms with Crippen molar-refractivity contribution < 1.29 is 14.2 Å². The van der Waals surface area contributed by atoms with Crippen molar-refractivity contribution in [2.75, 3.05) is 20.8 Å². The number of benzene rings is 3. The van der Waals surface area contributed by atoms with Gasteiger partial charge in [-0.05, 0) is 65.4 Å². The van der Waals surface area contributed by atoms with Crippen LogP contribution in [0.15, 0.2) is 54.6 Å². The number of aromatic nitrogens is 1. The second kappa shape index (κ2) is 8.68. The van der Waals surface area contributed by atoms with E-state index in [9.17, 15) is 0 Å². The Labute approximate surface area is 204 Å². The topological polar surface area (TPSA) is 51.1 Å². The molecule has 3 heterocycles. The highest BCUT2D eigenvalue weighted by Crippen LogP contribution is 2.44. The quantitative estimate of drug-likeness (QED) is 0.369. The number of methoxy groups -OCH3 is 2. The average molecular weight is 466 g/mol. The zero-order valence-electron chi connectivity index (χ0n) is 19.9. The summed E-state index contributed by atoms with van der Waals surface area (Å²) in [6.07, 6.45) is 1.93. The Hall–Kier alpha value is -3.95. The molecule has 0 bridgehead atoms. The fourth-order valence-electron chi connectivity index (χ4n) is 5.46. The van der Waals surface area contributed by atoms with Crippen molar-refractivity contribution in [2.24, 2.45) is 0 Å². The van der Waals surface area contributed by atoms with Crippen LogP contribution in [0.3, 0.4) is 0 Å². The smallest absolute Gasteiger partial charge is 0.187 e. The highest BCUT2D eigenvalue weighted by Gasteiger charge is 2.34. The summed E-state index contributed by atoms with van der Waals surface area (Å²) in [6.45, 7) is 9.47. The first kappa shape index (κ1) is 21.6. The molecule has 3 aromatic carbocycles. The Kier molecular flexibility index (Phi) is 5.35. The van der Waals surface area contributed by atoms with Crippen LogP contribution in [0, 0.1) is 6.57 Å². The summed E-state index contributed by atoms with van der Waals surface area (Å²) in [5.74, 6) is 2.41. The SMILES string of the molecule is [C-]#[N+]c1ccc(COc2cc3c(cc2OC)C2Cc4c([nH]c5ccc(OC)cc45)CN2CC3)cc1. The van der Waals surface area contributed by atoms with E-state index >= 15 is 0 Å². The molecule has 6 nitrogen and oxygen atoms in total. The minimum Gasteiger partial charge on any atom is -0.497 e. The van der Waals surface area contributed by atoms with Crippen molar-refractivity contribution in [3.8, 4) is 17.2 Å². The van der Waals surface area contributed by atoms with Crippen molar-refractivity contribution >= 4 is 16.6 Å². The summed E-state index contributed by atoms with van der Waals surface area (Å²) < 4.78 is 17.4. The molecule has 1 aromatic heterocycles. The molecular weight excluding hydrogens is 438 g/mol. The Morgan fingerprint density at radius 1 is 1.03 bits per heavy atom. The van der Waals surface area contributed by atoms with Gasteiger partial charge in [-0.15, -0.1) is 0 Å². The van der Waals surface area contributed by atoms with Gasteiger partial charge in [-0.3, -0.25) is 4.90 Å². The van der Waals surface area contributed by atoms with E-state index in [0.29, 0.717) is 18.3 Å². The van der Waals surface area contributed by atoms with E-state index in [1.165, 1.54) is 33.3 Å². The molecular formula is C29H27N3O3. The van der Waals surface area contributed by atoms with Crippen LogP contribution in [-0.2, 0) is 26.0 Å². The van der Waals surface area contributed by atoms with Gasteiger partial charge in [-0.1, -0.05) is 24.3 Å². The molecule has 0 saturated carbocycles. The molecule has 4 aromatic rings. The molecule has 0 spiro atoms. The standard InChI is InChI=1S/C29H27N3O3/c1-30-20-6-4-18(5-7-20)17-35-29-12-19-10-11-32-16-26-24(14-27(32)22(19)15-28(29)34-3)23-13-21(33-2)8-9-25(23)31-26/h4-9,12-13,15,27,31H,10-11,14,16-17H2,2-3H3. The lowest BCUT2D eigenvalue weighted by Gasteiger charge is -2.40. The monoisotopic (exact) mass is 465 g/mol. The Balaban J connectivity index is 1.30. The Morgan fingerprint density at radius 3 is 2.66 bits per heavy atom. The van der Waals surface area contributed by atoms with Gasteiger partial charge in [-0.25, -0.2) is 4.85 Å². The molecule has 0 saturated heterocycles. The van der Waals surface area contributed by atoms with Crippen molar-refractivity contribution in [1.82, 2.24) is 9.88 Å². The summed E-state index contributed by atoms with van der Waals surface area (Å²) in [4.78, 5) is 9.65. The molecule has 6 heteroatoms. The fourth-order valence-corrected chi connectivity index (χ4v) is 5.46. The second-order valence-corrected chi connectivity index (χ2v) is 9.20. The summed E-state index contributed by atoms with van der Waals surface area (Å²) >= 11 is 0. The average Bonchev–Trinajstić information content (AvgIpc) is 3.26. The number of nitrogens with one attached hydrogen (secondary N) is 1.